The molecular weight excluding hydrogens is 528 g/mol. The minimum Gasteiger partial charge on any atom is -0.495 e. The van der Waals surface area contributed by atoms with Crippen molar-refractivity contribution in [2.24, 2.45) is 5.92 Å². The summed E-state index contributed by atoms with van der Waals surface area (Å²) >= 11 is 6.59. The van der Waals surface area contributed by atoms with Crippen LogP contribution in [0.4, 0.5) is 10.5 Å². The van der Waals surface area contributed by atoms with Crippen molar-refractivity contribution >= 4 is 29.3 Å². The first-order valence-corrected chi connectivity index (χ1v) is 13.6. The van der Waals surface area contributed by atoms with Gasteiger partial charge in [-0.15, -0.1) is 0 Å². The molecule has 216 valence electrons. The van der Waals surface area contributed by atoms with Crippen molar-refractivity contribution in [1.29, 1.82) is 0 Å². The van der Waals surface area contributed by atoms with Crippen molar-refractivity contribution in [3.8, 4) is 5.75 Å². The molecule has 3 heterocycles. The van der Waals surface area contributed by atoms with Crippen LogP contribution in [-0.2, 0) is 25.4 Å². The predicted molar refractivity (Wildman–Crippen MR) is 145 cm³/mol. The molecule has 3 aliphatic rings. The quantitative estimate of drug-likeness (QED) is 0.367. The molecule has 7 atom stereocenters. The molecule has 1 aromatic carbocycles. The van der Waals surface area contributed by atoms with Gasteiger partial charge in [-0.25, -0.2) is 4.79 Å². The molecule has 2 amide bonds. The average Bonchev–Trinajstić information content (AvgIpc) is 3.58. The standard InChI is InChI=1S/C28H39ClN2O8/c1-15-8-7-9-22(37-6)28(35)14-20(38-26(34)30-28)16(2)25-27(3,39-25)21(32)13-23(33)31(4)18-11-17(10-15)12-19(36-5)24(18)29/h8,11-12,16,20-22,25,32,35H,7,9-10,13-14H2,1-6H3,(H,30,34)/b15-8+/t16-,20+,21+,22-,25+,27-,28+/m1/s1. The lowest BCUT2D eigenvalue weighted by Crippen LogP contribution is -2.64. The van der Waals surface area contributed by atoms with E-state index < -0.39 is 41.8 Å². The number of anilines is 1. The third kappa shape index (κ3) is 5.90. The summed E-state index contributed by atoms with van der Waals surface area (Å²) in [7, 11) is 4.63. The van der Waals surface area contributed by atoms with Crippen molar-refractivity contribution in [1.82, 2.24) is 5.32 Å². The third-order valence-corrected chi connectivity index (χ3v) is 8.71. The molecule has 11 heteroatoms. The van der Waals surface area contributed by atoms with Crippen LogP contribution in [0.3, 0.4) is 0 Å². The number of halogens is 1. The Morgan fingerprint density at radius 3 is 2.64 bits per heavy atom. The fourth-order valence-corrected chi connectivity index (χ4v) is 6.09. The molecule has 3 aliphatic heterocycles. The summed E-state index contributed by atoms with van der Waals surface area (Å²) in [5.41, 5.74) is -0.240. The zero-order valence-electron chi connectivity index (χ0n) is 23.3. The molecular formula is C28H39ClN2O8. The van der Waals surface area contributed by atoms with Crippen molar-refractivity contribution in [3.05, 3.63) is 34.4 Å². The number of allylic oxidation sites excluding steroid dienone is 2. The number of aliphatic hydroxyl groups excluding tert-OH is 1. The molecule has 0 spiro atoms. The smallest absolute Gasteiger partial charge is 0.409 e. The zero-order chi connectivity index (χ0) is 28.7. The van der Waals surface area contributed by atoms with Gasteiger partial charge in [0.15, 0.2) is 5.72 Å². The van der Waals surface area contributed by atoms with Gasteiger partial charge in [-0.05, 0) is 50.8 Å². The van der Waals surface area contributed by atoms with Gasteiger partial charge in [0.25, 0.3) is 0 Å². The fourth-order valence-electron chi connectivity index (χ4n) is 5.78. The molecule has 2 saturated heterocycles. The third-order valence-electron chi connectivity index (χ3n) is 8.33. The molecule has 4 rings (SSSR count). The van der Waals surface area contributed by atoms with E-state index >= 15 is 0 Å². The molecule has 2 fully saturated rings. The second-order valence-corrected chi connectivity index (χ2v) is 11.5. The maximum Gasteiger partial charge on any atom is 0.409 e. The van der Waals surface area contributed by atoms with Gasteiger partial charge in [0.1, 0.15) is 28.6 Å². The van der Waals surface area contributed by atoms with Crippen LogP contribution < -0.4 is 15.0 Å². The van der Waals surface area contributed by atoms with Crippen molar-refractivity contribution < 1.29 is 38.7 Å². The molecule has 0 radical (unpaired) electrons. The SMILES string of the molecule is COc1cc2cc(c1Cl)N(C)C(=O)C[C@H](O)[C@@]1(C)O[C@H]1[C@H](C)[C@@H]1C[C@@](O)(NC(=O)O1)[C@H](OC)CC/C=C(\C)C2. The van der Waals surface area contributed by atoms with E-state index in [0.717, 1.165) is 11.1 Å². The van der Waals surface area contributed by atoms with Crippen LogP contribution in [-0.4, -0.2) is 79.2 Å². The van der Waals surface area contributed by atoms with Crippen LogP contribution in [0, 0.1) is 5.92 Å². The molecule has 10 nitrogen and oxygen atoms in total. The van der Waals surface area contributed by atoms with E-state index in [1.165, 1.54) is 19.1 Å². The summed E-state index contributed by atoms with van der Waals surface area (Å²) < 4.78 is 22.6. The average molecular weight is 567 g/mol. The summed E-state index contributed by atoms with van der Waals surface area (Å²) in [6, 6.07) is 3.68. The molecule has 0 saturated carbocycles. The van der Waals surface area contributed by atoms with Crippen LogP contribution in [0.5, 0.6) is 5.75 Å². The lowest BCUT2D eigenvalue weighted by Gasteiger charge is -2.43. The molecule has 0 unspecified atom stereocenters. The summed E-state index contributed by atoms with van der Waals surface area (Å²) in [4.78, 5) is 27.2. The number of fused-ring (bicyclic) bond motifs is 5. The summed E-state index contributed by atoms with van der Waals surface area (Å²) in [5.74, 6) is -0.270. The highest BCUT2D eigenvalue weighted by Gasteiger charge is 2.62. The molecule has 0 aliphatic carbocycles. The van der Waals surface area contributed by atoms with Crippen molar-refractivity contribution in [2.45, 2.75) is 88.6 Å². The highest BCUT2D eigenvalue weighted by atomic mass is 35.5. The monoisotopic (exact) mass is 566 g/mol. The number of hydrogen-bond donors (Lipinski definition) is 3. The van der Waals surface area contributed by atoms with E-state index in [1.807, 2.05) is 26.0 Å². The van der Waals surface area contributed by atoms with Crippen molar-refractivity contribution in [3.63, 3.8) is 0 Å². The minimum absolute atomic E-state index is 0.0823. The van der Waals surface area contributed by atoms with Gasteiger partial charge in [-0.2, -0.15) is 0 Å². The highest BCUT2D eigenvalue weighted by molar-refractivity contribution is 6.35. The van der Waals surface area contributed by atoms with Crippen LogP contribution in [0.25, 0.3) is 0 Å². The van der Waals surface area contributed by atoms with Gasteiger partial charge in [0, 0.05) is 26.5 Å². The molecule has 1 aromatic rings. The fraction of sp³-hybridized carbons (Fsp3) is 0.643. The Bertz CT molecular complexity index is 1140. The summed E-state index contributed by atoms with van der Waals surface area (Å²) in [6.07, 6.45) is -0.188. The Morgan fingerprint density at radius 1 is 1.26 bits per heavy atom. The molecule has 4 bridgehead atoms. The van der Waals surface area contributed by atoms with Crippen LogP contribution in [0.15, 0.2) is 23.8 Å². The molecule has 0 aromatic heterocycles. The number of hydrogen-bond acceptors (Lipinski definition) is 8. The maximum absolute atomic E-state index is 13.3. The number of methoxy groups -OCH3 is 2. The largest absolute Gasteiger partial charge is 0.495 e. The molecule has 3 N–H and O–H groups in total. The normalized spacial score (nSPS) is 37.2. The first-order valence-electron chi connectivity index (χ1n) is 13.2. The van der Waals surface area contributed by atoms with Gasteiger partial charge in [-0.1, -0.05) is 30.2 Å². The van der Waals surface area contributed by atoms with Crippen LogP contribution in [0.1, 0.15) is 52.0 Å². The van der Waals surface area contributed by atoms with E-state index in [2.05, 4.69) is 11.4 Å². The van der Waals surface area contributed by atoms with Gasteiger partial charge >= 0.3 is 6.09 Å². The number of amides is 2. The van der Waals surface area contributed by atoms with Gasteiger partial charge in [0.2, 0.25) is 5.91 Å². The van der Waals surface area contributed by atoms with Crippen molar-refractivity contribution in [2.75, 3.05) is 26.2 Å². The number of carbonyl (C=O) groups excluding carboxylic acids is 2. The second kappa shape index (κ2) is 11.2. The van der Waals surface area contributed by atoms with E-state index in [9.17, 15) is 19.8 Å². The Hall–Kier alpha value is -2.37. The number of rotatable bonds is 2. The zero-order valence-corrected chi connectivity index (χ0v) is 24.1. The predicted octanol–water partition coefficient (Wildman–Crippen LogP) is 3.34. The Labute approximate surface area is 234 Å². The minimum atomic E-state index is -1.64. The Balaban J connectivity index is 1.70. The number of alkyl carbamates (subject to hydrolysis) is 1. The second-order valence-electron chi connectivity index (χ2n) is 11.1. The number of ether oxygens (including phenoxy) is 4. The first-order chi connectivity index (χ1) is 18.3. The van der Waals surface area contributed by atoms with Crippen LogP contribution >= 0.6 is 11.6 Å². The van der Waals surface area contributed by atoms with Crippen LogP contribution in [0.2, 0.25) is 5.02 Å². The number of nitrogens with zero attached hydrogens (tertiary/aromatic N) is 1. The van der Waals surface area contributed by atoms with Gasteiger partial charge < -0.3 is 34.1 Å². The lowest BCUT2D eigenvalue weighted by molar-refractivity contribution is -0.158. The van der Waals surface area contributed by atoms with Gasteiger partial charge in [-0.3, -0.25) is 10.1 Å². The molecule has 39 heavy (non-hydrogen) atoms. The number of aliphatic hydroxyl groups is 2. The number of epoxide rings is 1. The van der Waals surface area contributed by atoms with E-state index in [-0.39, 0.29) is 24.7 Å². The summed E-state index contributed by atoms with van der Waals surface area (Å²) in [6.45, 7) is 5.56. The van der Waals surface area contributed by atoms with Gasteiger partial charge in [0.05, 0.1) is 31.4 Å². The Kier molecular flexibility index (Phi) is 8.54. The Morgan fingerprint density at radius 2 is 1.97 bits per heavy atom. The van der Waals surface area contributed by atoms with E-state index in [1.54, 1.807) is 14.0 Å². The lowest BCUT2D eigenvalue weighted by atomic mass is 9.83. The first kappa shape index (κ1) is 29.6. The van der Waals surface area contributed by atoms with E-state index in [0.29, 0.717) is 35.7 Å². The van der Waals surface area contributed by atoms with E-state index in [4.69, 9.17) is 30.5 Å². The number of benzene rings is 1. The topological polar surface area (TPSA) is 130 Å². The number of nitrogens with one attached hydrogen (secondary N) is 1. The number of carbonyl (C=O) groups is 2. The maximum atomic E-state index is 13.3. The summed E-state index contributed by atoms with van der Waals surface area (Å²) in [5, 5.41) is 25.4. The highest BCUT2D eigenvalue weighted by Crippen LogP contribution is 2.48.